The minimum absolute atomic E-state index is 0.0910. The molecule has 1 atom stereocenters. The molecule has 1 aromatic carbocycles. The molecule has 1 unspecified atom stereocenters. The molecule has 1 aliphatic carbocycles. The van der Waals surface area contributed by atoms with Crippen LogP contribution in [0, 0.1) is 11.8 Å². The van der Waals surface area contributed by atoms with E-state index in [1.807, 2.05) is 11.8 Å². The third-order valence-electron chi connectivity index (χ3n) is 6.47. The maximum absolute atomic E-state index is 13.3. The minimum atomic E-state index is -3.72. The normalized spacial score (nSPS) is 22.4. The topological polar surface area (TPSA) is 96.0 Å². The number of sulfonamides is 1. The van der Waals surface area contributed by atoms with Gasteiger partial charge in [-0.05, 0) is 63.6 Å². The third kappa shape index (κ3) is 5.09. The van der Waals surface area contributed by atoms with Crippen molar-refractivity contribution in [3.63, 3.8) is 0 Å². The van der Waals surface area contributed by atoms with Crippen molar-refractivity contribution in [3.8, 4) is 5.75 Å². The second-order valence-corrected chi connectivity index (χ2v) is 10.9. The first-order valence-electron chi connectivity index (χ1n) is 11.8. The van der Waals surface area contributed by atoms with Crippen LogP contribution in [0.2, 0.25) is 0 Å². The van der Waals surface area contributed by atoms with Crippen LogP contribution in [0.1, 0.15) is 51.9 Å². The molecule has 2 saturated heterocycles. The molecule has 2 heterocycles. The molecule has 0 bridgehead atoms. The molecule has 8 nitrogen and oxygen atoms in total. The third-order valence-corrected chi connectivity index (χ3v) is 8.39. The fourth-order valence-corrected chi connectivity index (χ4v) is 6.20. The molecule has 2 amide bonds. The molecule has 3 fully saturated rings. The Morgan fingerprint density at radius 2 is 1.78 bits per heavy atom. The molecule has 0 spiro atoms. The van der Waals surface area contributed by atoms with Gasteiger partial charge in [0, 0.05) is 37.8 Å². The Kier molecular flexibility index (Phi) is 7.05. The van der Waals surface area contributed by atoms with Gasteiger partial charge in [0.15, 0.2) is 0 Å². The Morgan fingerprint density at radius 3 is 2.47 bits per heavy atom. The highest BCUT2D eigenvalue weighted by atomic mass is 32.2. The molecule has 0 aromatic heterocycles. The van der Waals surface area contributed by atoms with Crippen molar-refractivity contribution >= 4 is 27.5 Å². The van der Waals surface area contributed by atoms with Crippen LogP contribution < -0.4 is 10.1 Å². The van der Waals surface area contributed by atoms with Crippen LogP contribution in [0.4, 0.5) is 5.69 Å². The van der Waals surface area contributed by atoms with Gasteiger partial charge in [0.25, 0.3) is 0 Å². The molecular weight excluding hydrogens is 430 g/mol. The minimum Gasteiger partial charge on any atom is -0.492 e. The van der Waals surface area contributed by atoms with Crippen LogP contribution in [0.3, 0.4) is 0 Å². The van der Waals surface area contributed by atoms with Crippen LogP contribution >= 0.6 is 0 Å². The second kappa shape index (κ2) is 9.79. The SMILES string of the molecule is CCOc1ccc(NC(=O)C2CCCN(C(=O)C3CC3)C2)cc1S(=O)(=O)N1CCCCC1. The lowest BCUT2D eigenvalue weighted by Crippen LogP contribution is -2.44. The van der Waals surface area contributed by atoms with Gasteiger partial charge in [-0.15, -0.1) is 0 Å². The highest BCUT2D eigenvalue weighted by Crippen LogP contribution is 2.34. The van der Waals surface area contributed by atoms with Gasteiger partial charge in [-0.2, -0.15) is 4.31 Å². The Labute approximate surface area is 190 Å². The summed E-state index contributed by atoms with van der Waals surface area (Å²) in [5.74, 6) is 0.142. The first kappa shape index (κ1) is 23.0. The van der Waals surface area contributed by atoms with Gasteiger partial charge < -0.3 is 15.0 Å². The Morgan fingerprint density at radius 1 is 1.03 bits per heavy atom. The molecule has 1 N–H and O–H groups in total. The van der Waals surface area contributed by atoms with Crippen molar-refractivity contribution in [2.24, 2.45) is 11.8 Å². The van der Waals surface area contributed by atoms with Gasteiger partial charge in [-0.25, -0.2) is 8.42 Å². The predicted molar refractivity (Wildman–Crippen MR) is 121 cm³/mol. The number of hydrogen-bond donors (Lipinski definition) is 1. The van der Waals surface area contributed by atoms with Crippen LogP contribution in [-0.2, 0) is 19.6 Å². The summed E-state index contributed by atoms with van der Waals surface area (Å²) in [6, 6.07) is 4.79. The van der Waals surface area contributed by atoms with Gasteiger partial charge in [-0.3, -0.25) is 9.59 Å². The number of ether oxygens (including phenoxy) is 1. The highest BCUT2D eigenvalue weighted by molar-refractivity contribution is 7.89. The summed E-state index contributed by atoms with van der Waals surface area (Å²) in [6.07, 6.45) is 6.14. The molecule has 1 saturated carbocycles. The monoisotopic (exact) mass is 463 g/mol. The van der Waals surface area contributed by atoms with Gasteiger partial charge in [-0.1, -0.05) is 6.42 Å². The molecule has 9 heteroatoms. The fourth-order valence-electron chi connectivity index (χ4n) is 4.53. The van der Waals surface area contributed by atoms with Crippen molar-refractivity contribution in [1.29, 1.82) is 0 Å². The number of amides is 2. The summed E-state index contributed by atoms with van der Waals surface area (Å²) >= 11 is 0. The Bertz CT molecular complexity index is 954. The summed E-state index contributed by atoms with van der Waals surface area (Å²) in [5.41, 5.74) is 0.430. The first-order chi connectivity index (χ1) is 15.4. The van der Waals surface area contributed by atoms with Crippen molar-refractivity contribution in [3.05, 3.63) is 18.2 Å². The zero-order chi connectivity index (χ0) is 22.7. The maximum atomic E-state index is 13.3. The van der Waals surface area contributed by atoms with E-state index in [2.05, 4.69) is 5.32 Å². The fraction of sp³-hybridized carbons (Fsp3) is 0.652. The number of carbonyl (C=O) groups is 2. The van der Waals surface area contributed by atoms with Crippen molar-refractivity contribution in [2.45, 2.75) is 56.8 Å². The van der Waals surface area contributed by atoms with E-state index in [-0.39, 0.29) is 28.5 Å². The summed E-state index contributed by atoms with van der Waals surface area (Å²) < 4.78 is 33.7. The molecule has 176 valence electrons. The molecular formula is C23H33N3O5S. The average Bonchev–Trinajstić information content (AvgIpc) is 3.66. The van der Waals surface area contributed by atoms with E-state index < -0.39 is 10.0 Å². The van der Waals surface area contributed by atoms with E-state index in [1.165, 1.54) is 10.4 Å². The van der Waals surface area contributed by atoms with E-state index in [4.69, 9.17) is 4.74 Å². The number of rotatable bonds is 7. The molecule has 32 heavy (non-hydrogen) atoms. The number of hydrogen-bond acceptors (Lipinski definition) is 5. The standard InChI is InChI=1S/C23H33N3O5S/c1-2-31-20-11-10-19(15-21(20)32(29,30)26-13-4-3-5-14-26)24-22(27)18-7-6-12-25(16-18)23(28)17-8-9-17/h10-11,15,17-18H,2-9,12-14,16H2,1H3,(H,24,27). The molecule has 0 radical (unpaired) electrons. The van der Waals surface area contributed by atoms with Crippen molar-refractivity contribution < 1.29 is 22.7 Å². The van der Waals surface area contributed by atoms with Gasteiger partial charge >= 0.3 is 0 Å². The molecule has 3 aliphatic rings. The van der Waals surface area contributed by atoms with Crippen LogP contribution in [0.25, 0.3) is 0 Å². The number of benzene rings is 1. The zero-order valence-corrected chi connectivity index (χ0v) is 19.5. The lowest BCUT2D eigenvalue weighted by molar-refractivity contribution is -0.135. The number of likely N-dealkylation sites (tertiary alicyclic amines) is 1. The van der Waals surface area contributed by atoms with Crippen LogP contribution in [0.5, 0.6) is 5.75 Å². The summed E-state index contributed by atoms with van der Waals surface area (Å²) in [6.45, 7) is 4.29. The molecule has 1 aromatic rings. The van der Waals surface area contributed by atoms with Crippen molar-refractivity contribution in [2.75, 3.05) is 38.1 Å². The maximum Gasteiger partial charge on any atom is 0.246 e. The highest BCUT2D eigenvalue weighted by Gasteiger charge is 2.37. The van der Waals surface area contributed by atoms with E-state index in [0.29, 0.717) is 44.2 Å². The quantitative estimate of drug-likeness (QED) is 0.671. The molecule has 4 rings (SSSR count). The smallest absolute Gasteiger partial charge is 0.246 e. The van der Waals surface area contributed by atoms with E-state index in [9.17, 15) is 18.0 Å². The first-order valence-corrected chi connectivity index (χ1v) is 13.2. The van der Waals surface area contributed by atoms with Crippen LogP contribution in [-0.4, -0.2) is 62.2 Å². The lowest BCUT2D eigenvalue weighted by Gasteiger charge is -2.32. The molecule has 2 aliphatic heterocycles. The largest absolute Gasteiger partial charge is 0.492 e. The number of piperidine rings is 2. The average molecular weight is 464 g/mol. The van der Waals surface area contributed by atoms with Gasteiger partial charge in [0.2, 0.25) is 21.8 Å². The number of nitrogens with zero attached hydrogens (tertiary/aromatic N) is 2. The van der Waals surface area contributed by atoms with Gasteiger partial charge in [0.1, 0.15) is 10.6 Å². The number of anilines is 1. The predicted octanol–water partition coefficient (Wildman–Crippen LogP) is 2.85. The second-order valence-electron chi connectivity index (χ2n) is 8.95. The van der Waals surface area contributed by atoms with Crippen LogP contribution in [0.15, 0.2) is 23.1 Å². The van der Waals surface area contributed by atoms with E-state index >= 15 is 0 Å². The lowest BCUT2D eigenvalue weighted by atomic mass is 9.96. The van der Waals surface area contributed by atoms with Gasteiger partial charge in [0.05, 0.1) is 12.5 Å². The summed E-state index contributed by atoms with van der Waals surface area (Å²) in [7, 11) is -3.72. The Hall–Kier alpha value is -2.13. The summed E-state index contributed by atoms with van der Waals surface area (Å²) in [5, 5.41) is 2.89. The zero-order valence-electron chi connectivity index (χ0n) is 18.7. The van der Waals surface area contributed by atoms with E-state index in [0.717, 1.165) is 44.9 Å². The van der Waals surface area contributed by atoms with Crippen molar-refractivity contribution in [1.82, 2.24) is 9.21 Å². The number of nitrogens with one attached hydrogen (secondary N) is 1. The number of carbonyl (C=O) groups excluding carboxylic acids is 2. The summed E-state index contributed by atoms with van der Waals surface area (Å²) in [4.78, 5) is 27.3. The Balaban J connectivity index is 1.50. The van der Waals surface area contributed by atoms with E-state index in [1.54, 1.807) is 12.1 Å².